The molecule has 1 aromatic carbocycles. The number of rotatable bonds is 3. The van der Waals surface area contributed by atoms with Crippen LogP contribution in [-0.2, 0) is 0 Å². The van der Waals surface area contributed by atoms with Crippen LogP contribution >= 0.6 is 11.3 Å². The molecule has 1 aliphatic rings. The van der Waals surface area contributed by atoms with Crippen molar-refractivity contribution in [1.82, 2.24) is 10.2 Å². The second-order valence-corrected chi connectivity index (χ2v) is 7.38. The lowest BCUT2D eigenvalue weighted by Crippen LogP contribution is -2.51. The van der Waals surface area contributed by atoms with Crippen molar-refractivity contribution in [1.29, 1.82) is 0 Å². The van der Waals surface area contributed by atoms with Crippen LogP contribution in [0.5, 0.6) is 0 Å². The molecule has 1 aromatic heterocycles. The van der Waals surface area contributed by atoms with E-state index in [-0.39, 0.29) is 0 Å². The van der Waals surface area contributed by atoms with Crippen molar-refractivity contribution in [3.63, 3.8) is 0 Å². The number of piperazine rings is 1. The Labute approximate surface area is 131 Å². The van der Waals surface area contributed by atoms with Gasteiger partial charge in [-0.15, -0.1) is 11.3 Å². The van der Waals surface area contributed by atoms with Gasteiger partial charge in [-0.2, -0.15) is 0 Å². The summed E-state index contributed by atoms with van der Waals surface area (Å²) in [5, 5.41) is 3.63. The van der Waals surface area contributed by atoms with Gasteiger partial charge in [0, 0.05) is 41.0 Å². The van der Waals surface area contributed by atoms with Gasteiger partial charge >= 0.3 is 0 Å². The lowest BCUT2D eigenvalue weighted by atomic mass is 9.99. The Kier molecular flexibility index (Phi) is 4.43. The van der Waals surface area contributed by atoms with Crippen molar-refractivity contribution < 1.29 is 0 Å². The van der Waals surface area contributed by atoms with Gasteiger partial charge in [-0.25, -0.2) is 0 Å². The van der Waals surface area contributed by atoms with E-state index in [4.69, 9.17) is 0 Å². The highest BCUT2D eigenvalue weighted by Crippen LogP contribution is 2.35. The summed E-state index contributed by atoms with van der Waals surface area (Å²) in [5.41, 5.74) is 1.41. The quantitative estimate of drug-likeness (QED) is 0.916. The van der Waals surface area contributed by atoms with Crippen molar-refractivity contribution in [2.24, 2.45) is 0 Å². The maximum atomic E-state index is 3.63. The SMILES string of the molecule is Cc1ccc(C(C)N2CC(C)NCC2c2ccccc2)s1. The number of hydrogen-bond donors (Lipinski definition) is 1. The van der Waals surface area contributed by atoms with Crippen LogP contribution in [0.2, 0.25) is 0 Å². The number of thiophene rings is 1. The molecule has 1 N–H and O–H groups in total. The van der Waals surface area contributed by atoms with Crippen LogP contribution in [-0.4, -0.2) is 24.0 Å². The molecule has 2 nitrogen and oxygen atoms in total. The van der Waals surface area contributed by atoms with Crippen LogP contribution in [0, 0.1) is 6.92 Å². The minimum Gasteiger partial charge on any atom is -0.311 e. The summed E-state index contributed by atoms with van der Waals surface area (Å²) in [6.07, 6.45) is 0. The molecule has 0 radical (unpaired) electrons. The van der Waals surface area contributed by atoms with E-state index >= 15 is 0 Å². The molecule has 1 aliphatic heterocycles. The summed E-state index contributed by atoms with van der Waals surface area (Å²) in [7, 11) is 0. The lowest BCUT2D eigenvalue weighted by Gasteiger charge is -2.43. The largest absolute Gasteiger partial charge is 0.311 e. The van der Waals surface area contributed by atoms with Gasteiger partial charge in [0.1, 0.15) is 0 Å². The Hall–Kier alpha value is -1.16. The Bertz CT molecular complexity index is 578. The molecule has 2 heterocycles. The summed E-state index contributed by atoms with van der Waals surface area (Å²) in [6, 6.07) is 16.9. The minimum absolute atomic E-state index is 0.458. The van der Waals surface area contributed by atoms with Crippen molar-refractivity contribution in [3.8, 4) is 0 Å². The van der Waals surface area contributed by atoms with Crippen LogP contribution in [0.1, 0.15) is 41.2 Å². The standard InChI is InChI=1S/C18H24N2S/c1-13-12-20(15(3)18-10-9-14(2)21-18)17(11-19-13)16-7-5-4-6-8-16/h4-10,13,15,17,19H,11-12H2,1-3H3. The van der Waals surface area contributed by atoms with Gasteiger partial charge in [0.25, 0.3) is 0 Å². The lowest BCUT2D eigenvalue weighted by molar-refractivity contribution is 0.0945. The van der Waals surface area contributed by atoms with Crippen LogP contribution in [0.3, 0.4) is 0 Å². The van der Waals surface area contributed by atoms with E-state index in [2.05, 4.69) is 73.5 Å². The predicted molar refractivity (Wildman–Crippen MR) is 90.8 cm³/mol. The van der Waals surface area contributed by atoms with Gasteiger partial charge < -0.3 is 5.32 Å². The monoisotopic (exact) mass is 300 g/mol. The van der Waals surface area contributed by atoms with Crippen LogP contribution in [0.15, 0.2) is 42.5 Å². The summed E-state index contributed by atoms with van der Waals surface area (Å²) in [4.78, 5) is 5.53. The number of hydrogen-bond acceptors (Lipinski definition) is 3. The molecule has 1 fully saturated rings. The first kappa shape index (κ1) is 14.8. The smallest absolute Gasteiger partial charge is 0.0479 e. The molecule has 3 atom stereocenters. The van der Waals surface area contributed by atoms with Gasteiger partial charge in [0.2, 0.25) is 0 Å². The molecule has 2 aromatic rings. The summed E-state index contributed by atoms with van der Waals surface area (Å²) in [6.45, 7) is 8.94. The van der Waals surface area contributed by atoms with Gasteiger partial charge in [0.05, 0.1) is 0 Å². The third-order valence-electron chi connectivity index (χ3n) is 4.40. The topological polar surface area (TPSA) is 15.3 Å². The maximum absolute atomic E-state index is 3.63. The summed E-state index contributed by atoms with van der Waals surface area (Å²) in [5.74, 6) is 0. The zero-order chi connectivity index (χ0) is 14.8. The normalized spacial score (nSPS) is 24.9. The van der Waals surface area contributed by atoms with Crippen molar-refractivity contribution in [2.45, 2.75) is 38.9 Å². The summed E-state index contributed by atoms with van der Waals surface area (Å²) >= 11 is 1.93. The first-order valence-electron chi connectivity index (χ1n) is 7.75. The first-order chi connectivity index (χ1) is 10.1. The van der Waals surface area contributed by atoms with Crippen molar-refractivity contribution >= 4 is 11.3 Å². The number of nitrogens with zero attached hydrogens (tertiary/aromatic N) is 1. The third-order valence-corrected chi connectivity index (χ3v) is 5.57. The molecule has 3 heteroatoms. The Balaban J connectivity index is 1.88. The van der Waals surface area contributed by atoms with Crippen LogP contribution in [0.4, 0.5) is 0 Å². The number of benzene rings is 1. The molecule has 0 spiro atoms. The second-order valence-electron chi connectivity index (χ2n) is 6.06. The molecule has 112 valence electrons. The van der Waals surface area contributed by atoms with E-state index in [1.54, 1.807) is 0 Å². The maximum Gasteiger partial charge on any atom is 0.0479 e. The average Bonchev–Trinajstić information content (AvgIpc) is 2.94. The molecular formula is C18H24N2S. The van der Waals surface area contributed by atoms with E-state index in [9.17, 15) is 0 Å². The van der Waals surface area contributed by atoms with Gasteiger partial charge in [-0.05, 0) is 38.5 Å². The molecular weight excluding hydrogens is 276 g/mol. The van der Waals surface area contributed by atoms with Crippen LogP contribution < -0.4 is 5.32 Å². The molecule has 1 saturated heterocycles. The first-order valence-corrected chi connectivity index (χ1v) is 8.57. The zero-order valence-corrected chi connectivity index (χ0v) is 13.9. The molecule has 21 heavy (non-hydrogen) atoms. The Morgan fingerprint density at radius 2 is 1.95 bits per heavy atom. The highest BCUT2D eigenvalue weighted by Gasteiger charge is 2.31. The van der Waals surface area contributed by atoms with Crippen molar-refractivity contribution in [3.05, 3.63) is 57.8 Å². The second kappa shape index (κ2) is 6.30. The number of aryl methyl sites for hydroxylation is 1. The Morgan fingerprint density at radius 1 is 1.19 bits per heavy atom. The fraction of sp³-hybridized carbons (Fsp3) is 0.444. The number of nitrogens with one attached hydrogen (secondary N) is 1. The molecule has 0 saturated carbocycles. The van der Waals surface area contributed by atoms with E-state index in [0.29, 0.717) is 18.1 Å². The summed E-state index contributed by atoms with van der Waals surface area (Å²) < 4.78 is 0. The fourth-order valence-electron chi connectivity index (χ4n) is 3.19. The van der Waals surface area contributed by atoms with Crippen LogP contribution in [0.25, 0.3) is 0 Å². The fourth-order valence-corrected chi connectivity index (χ4v) is 4.14. The van der Waals surface area contributed by atoms with E-state index in [1.807, 2.05) is 11.3 Å². The van der Waals surface area contributed by atoms with E-state index in [0.717, 1.165) is 13.1 Å². The Morgan fingerprint density at radius 3 is 2.62 bits per heavy atom. The van der Waals surface area contributed by atoms with E-state index in [1.165, 1.54) is 15.3 Å². The van der Waals surface area contributed by atoms with Crippen molar-refractivity contribution in [2.75, 3.05) is 13.1 Å². The van der Waals surface area contributed by atoms with Gasteiger partial charge in [-0.1, -0.05) is 30.3 Å². The average molecular weight is 300 g/mol. The zero-order valence-electron chi connectivity index (χ0n) is 13.0. The minimum atomic E-state index is 0.458. The van der Waals surface area contributed by atoms with E-state index < -0.39 is 0 Å². The molecule has 0 aliphatic carbocycles. The molecule has 0 amide bonds. The predicted octanol–water partition coefficient (Wildman–Crippen LogP) is 4.15. The molecule has 0 bridgehead atoms. The highest BCUT2D eigenvalue weighted by molar-refractivity contribution is 7.12. The van der Waals surface area contributed by atoms with Gasteiger partial charge in [0.15, 0.2) is 0 Å². The van der Waals surface area contributed by atoms with Gasteiger partial charge in [-0.3, -0.25) is 4.90 Å². The highest BCUT2D eigenvalue weighted by atomic mass is 32.1. The third kappa shape index (κ3) is 3.20. The molecule has 3 rings (SSSR count). The molecule has 3 unspecified atom stereocenters.